The summed E-state index contributed by atoms with van der Waals surface area (Å²) in [6.07, 6.45) is 4.67. The molecule has 4 heterocycles. The second kappa shape index (κ2) is 8.55. The zero-order valence-corrected chi connectivity index (χ0v) is 18.1. The molecule has 2 atom stereocenters. The van der Waals surface area contributed by atoms with E-state index in [0.717, 1.165) is 49.1 Å². The molecule has 0 bridgehead atoms. The summed E-state index contributed by atoms with van der Waals surface area (Å²) in [5.41, 5.74) is 3.38. The molecule has 0 aliphatic carbocycles. The number of anilines is 4. The predicted octanol–water partition coefficient (Wildman–Crippen LogP) is 3.82. The summed E-state index contributed by atoms with van der Waals surface area (Å²) in [5.74, 6) is 2.16. The number of benzene rings is 1. The van der Waals surface area contributed by atoms with Gasteiger partial charge in [-0.25, -0.2) is 4.98 Å². The average molecular weight is 420 g/mol. The Morgan fingerprint density at radius 2 is 1.71 bits per heavy atom. The van der Waals surface area contributed by atoms with Gasteiger partial charge < -0.3 is 19.9 Å². The molecule has 8 heteroatoms. The van der Waals surface area contributed by atoms with Gasteiger partial charge in [0.15, 0.2) is 5.82 Å². The third-order valence-electron chi connectivity index (χ3n) is 5.83. The molecule has 0 unspecified atom stereocenters. The monoisotopic (exact) mass is 419 g/mol. The van der Waals surface area contributed by atoms with Crippen LogP contribution in [-0.2, 0) is 4.74 Å². The van der Waals surface area contributed by atoms with Crippen molar-refractivity contribution in [2.75, 3.05) is 41.3 Å². The molecule has 2 aliphatic heterocycles. The average Bonchev–Trinajstić information content (AvgIpc) is 3.46. The van der Waals surface area contributed by atoms with Gasteiger partial charge in [0, 0.05) is 44.1 Å². The maximum Gasteiger partial charge on any atom is 0.227 e. The highest BCUT2D eigenvalue weighted by Gasteiger charge is 2.24. The molecule has 2 fully saturated rings. The first-order chi connectivity index (χ1) is 15.1. The van der Waals surface area contributed by atoms with Crippen LogP contribution in [0.2, 0.25) is 0 Å². The lowest BCUT2D eigenvalue weighted by molar-refractivity contribution is -0.00571. The maximum atomic E-state index is 5.82. The quantitative estimate of drug-likeness (QED) is 0.650. The Labute approximate surface area is 182 Å². The molecule has 2 aromatic heterocycles. The lowest BCUT2D eigenvalue weighted by Crippen LogP contribution is -2.46. The Balaban J connectivity index is 1.27. The first-order valence-electron chi connectivity index (χ1n) is 11.1. The molecule has 1 aromatic carbocycles. The molecule has 162 valence electrons. The van der Waals surface area contributed by atoms with Crippen molar-refractivity contribution in [3.05, 3.63) is 42.6 Å². The number of ether oxygens (including phenoxy) is 1. The molecule has 0 radical (unpaired) electrons. The van der Waals surface area contributed by atoms with Crippen molar-refractivity contribution < 1.29 is 4.74 Å². The van der Waals surface area contributed by atoms with E-state index in [4.69, 9.17) is 4.74 Å². The zero-order chi connectivity index (χ0) is 21.2. The van der Waals surface area contributed by atoms with Gasteiger partial charge in [0.1, 0.15) is 5.82 Å². The molecule has 0 spiro atoms. The van der Waals surface area contributed by atoms with Crippen molar-refractivity contribution in [2.45, 2.75) is 38.9 Å². The number of aromatic nitrogens is 4. The van der Waals surface area contributed by atoms with Crippen molar-refractivity contribution >= 4 is 23.3 Å². The van der Waals surface area contributed by atoms with Crippen molar-refractivity contribution in [3.8, 4) is 11.3 Å². The summed E-state index contributed by atoms with van der Waals surface area (Å²) in [5, 5.41) is 10.8. The van der Waals surface area contributed by atoms with Gasteiger partial charge in [-0.05, 0) is 50.5 Å². The van der Waals surface area contributed by atoms with E-state index < -0.39 is 0 Å². The van der Waals surface area contributed by atoms with Gasteiger partial charge in [0.05, 0.1) is 17.9 Å². The van der Waals surface area contributed by atoms with Crippen LogP contribution in [-0.4, -0.2) is 58.6 Å². The third-order valence-corrected chi connectivity index (χ3v) is 5.83. The lowest BCUT2D eigenvalue weighted by atomic mass is 10.1. The van der Waals surface area contributed by atoms with Crippen LogP contribution in [0.5, 0.6) is 0 Å². The molecule has 8 nitrogen and oxygen atoms in total. The van der Waals surface area contributed by atoms with Gasteiger partial charge in [-0.2, -0.15) is 10.1 Å². The predicted molar refractivity (Wildman–Crippen MR) is 123 cm³/mol. The fourth-order valence-corrected chi connectivity index (χ4v) is 4.40. The Bertz CT molecular complexity index is 1000. The van der Waals surface area contributed by atoms with Gasteiger partial charge in [0.25, 0.3) is 0 Å². The van der Waals surface area contributed by atoms with E-state index in [0.29, 0.717) is 5.95 Å². The SMILES string of the molecule is C[C@@H]1CN(c2nccc(Nc3cc(-c4ccc(N5CCCC5)cc4)[nH]n3)n2)C[C@H](C)O1. The fourth-order valence-electron chi connectivity index (χ4n) is 4.40. The topological polar surface area (TPSA) is 82.2 Å². The number of hydrogen-bond acceptors (Lipinski definition) is 7. The van der Waals surface area contributed by atoms with Crippen molar-refractivity contribution in [2.24, 2.45) is 0 Å². The molecule has 2 aliphatic rings. The molecular formula is C23H29N7O. The third kappa shape index (κ3) is 4.49. The van der Waals surface area contributed by atoms with E-state index >= 15 is 0 Å². The summed E-state index contributed by atoms with van der Waals surface area (Å²) in [6.45, 7) is 8.03. The minimum atomic E-state index is 0.162. The normalized spacial score (nSPS) is 21.5. The van der Waals surface area contributed by atoms with Gasteiger partial charge >= 0.3 is 0 Å². The van der Waals surface area contributed by atoms with Crippen molar-refractivity contribution in [1.29, 1.82) is 0 Å². The summed E-state index contributed by atoms with van der Waals surface area (Å²) in [7, 11) is 0. The Morgan fingerprint density at radius 3 is 2.45 bits per heavy atom. The van der Waals surface area contributed by atoms with E-state index in [1.165, 1.54) is 18.5 Å². The summed E-state index contributed by atoms with van der Waals surface area (Å²) >= 11 is 0. The van der Waals surface area contributed by atoms with Gasteiger partial charge in [0.2, 0.25) is 5.95 Å². The van der Waals surface area contributed by atoms with Crippen LogP contribution in [0.25, 0.3) is 11.3 Å². The number of morpholine rings is 1. The fraction of sp³-hybridized carbons (Fsp3) is 0.435. The first-order valence-corrected chi connectivity index (χ1v) is 11.1. The second-order valence-corrected chi connectivity index (χ2v) is 8.44. The molecule has 2 N–H and O–H groups in total. The number of nitrogens with zero attached hydrogens (tertiary/aromatic N) is 5. The minimum Gasteiger partial charge on any atom is -0.372 e. The second-order valence-electron chi connectivity index (χ2n) is 8.44. The Morgan fingerprint density at radius 1 is 0.968 bits per heavy atom. The number of hydrogen-bond donors (Lipinski definition) is 2. The highest BCUT2D eigenvalue weighted by atomic mass is 16.5. The Kier molecular flexibility index (Phi) is 5.46. The van der Waals surface area contributed by atoms with Gasteiger partial charge in [-0.1, -0.05) is 12.1 Å². The summed E-state index contributed by atoms with van der Waals surface area (Å²) in [6, 6.07) is 12.5. The van der Waals surface area contributed by atoms with E-state index in [1.54, 1.807) is 6.20 Å². The number of H-pyrrole nitrogens is 1. The molecule has 2 saturated heterocycles. The summed E-state index contributed by atoms with van der Waals surface area (Å²) < 4.78 is 5.82. The molecule has 31 heavy (non-hydrogen) atoms. The lowest BCUT2D eigenvalue weighted by Gasteiger charge is -2.35. The van der Waals surface area contributed by atoms with E-state index in [9.17, 15) is 0 Å². The van der Waals surface area contributed by atoms with Crippen LogP contribution in [0.1, 0.15) is 26.7 Å². The highest BCUT2D eigenvalue weighted by molar-refractivity contribution is 5.67. The number of nitrogens with one attached hydrogen (secondary N) is 2. The van der Waals surface area contributed by atoms with Crippen LogP contribution in [0.4, 0.5) is 23.3 Å². The van der Waals surface area contributed by atoms with Gasteiger partial charge in [-0.15, -0.1) is 0 Å². The molecular weight excluding hydrogens is 390 g/mol. The molecule has 5 rings (SSSR count). The van der Waals surface area contributed by atoms with Crippen molar-refractivity contribution in [3.63, 3.8) is 0 Å². The Hall–Kier alpha value is -3.13. The van der Waals surface area contributed by atoms with E-state index in [-0.39, 0.29) is 12.2 Å². The van der Waals surface area contributed by atoms with Crippen LogP contribution in [0.3, 0.4) is 0 Å². The van der Waals surface area contributed by atoms with Crippen LogP contribution in [0, 0.1) is 0 Å². The van der Waals surface area contributed by atoms with Crippen LogP contribution in [0.15, 0.2) is 42.6 Å². The molecule has 3 aromatic rings. The van der Waals surface area contributed by atoms with Gasteiger partial charge in [-0.3, -0.25) is 5.10 Å². The maximum absolute atomic E-state index is 5.82. The standard InChI is InChI=1S/C23H29N7O/c1-16-14-30(15-17(2)31-16)23-24-10-9-21(26-23)25-22-13-20(27-28-22)18-5-7-19(8-6-18)29-11-3-4-12-29/h5-10,13,16-17H,3-4,11-12,14-15H2,1-2H3,(H2,24,25,26,27,28)/t16-,17+. The number of aromatic amines is 1. The van der Waals surface area contributed by atoms with E-state index in [1.807, 2.05) is 12.1 Å². The number of rotatable bonds is 5. The van der Waals surface area contributed by atoms with Crippen molar-refractivity contribution in [1.82, 2.24) is 20.2 Å². The largest absolute Gasteiger partial charge is 0.372 e. The smallest absolute Gasteiger partial charge is 0.227 e. The van der Waals surface area contributed by atoms with E-state index in [2.05, 4.69) is 73.4 Å². The first kappa shape index (κ1) is 19.8. The molecule has 0 amide bonds. The zero-order valence-electron chi connectivity index (χ0n) is 18.1. The molecule has 0 saturated carbocycles. The van der Waals surface area contributed by atoms with Crippen LogP contribution >= 0.6 is 0 Å². The summed E-state index contributed by atoms with van der Waals surface area (Å²) in [4.78, 5) is 13.7. The van der Waals surface area contributed by atoms with Crippen LogP contribution < -0.4 is 15.1 Å². The minimum absolute atomic E-state index is 0.162. The highest BCUT2D eigenvalue weighted by Crippen LogP contribution is 2.26.